The van der Waals surface area contributed by atoms with E-state index in [-0.39, 0.29) is 11.9 Å². The van der Waals surface area contributed by atoms with Crippen LogP contribution in [0.5, 0.6) is 0 Å². The van der Waals surface area contributed by atoms with Gasteiger partial charge in [-0.3, -0.25) is 19.8 Å². The first-order valence-electron chi connectivity index (χ1n) is 8.33. The number of amides is 1. The van der Waals surface area contributed by atoms with E-state index in [2.05, 4.69) is 25.4 Å². The second-order valence-corrected chi connectivity index (χ2v) is 6.35. The summed E-state index contributed by atoms with van der Waals surface area (Å²) in [6.07, 6.45) is 6.37. The maximum atomic E-state index is 12.5. The van der Waals surface area contributed by atoms with Crippen molar-refractivity contribution < 1.29 is 4.79 Å². The number of hydrogen-bond acceptors (Lipinski definition) is 4. The molecule has 2 saturated heterocycles. The zero-order valence-electron chi connectivity index (χ0n) is 13.0. The molecule has 2 aromatic heterocycles. The zero-order valence-corrected chi connectivity index (χ0v) is 13.0. The highest BCUT2D eigenvalue weighted by Gasteiger charge is 2.35. The van der Waals surface area contributed by atoms with Gasteiger partial charge in [0.2, 0.25) is 0 Å². The molecule has 0 spiro atoms. The Balaban J connectivity index is 1.46. The van der Waals surface area contributed by atoms with Gasteiger partial charge in [-0.15, -0.1) is 0 Å². The Morgan fingerprint density at radius 2 is 2.09 bits per heavy atom. The molecule has 2 fully saturated rings. The molecule has 0 saturated carbocycles. The molecule has 6 heteroatoms. The van der Waals surface area contributed by atoms with Gasteiger partial charge in [-0.1, -0.05) is 6.07 Å². The van der Waals surface area contributed by atoms with E-state index in [0.29, 0.717) is 17.4 Å². The number of carbonyl (C=O) groups is 1. The van der Waals surface area contributed by atoms with Gasteiger partial charge in [-0.05, 0) is 57.0 Å². The molecule has 0 bridgehead atoms. The highest BCUT2D eigenvalue weighted by Crippen LogP contribution is 2.27. The van der Waals surface area contributed by atoms with Crippen LogP contribution in [0.2, 0.25) is 0 Å². The first-order chi connectivity index (χ1) is 11.3. The van der Waals surface area contributed by atoms with Crippen LogP contribution in [-0.4, -0.2) is 51.2 Å². The number of nitrogens with zero attached hydrogens (tertiary/aromatic N) is 3. The summed E-state index contributed by atoms with van der Waals surface area (Å²) in [5.41, 5.74) is 1.96. The van der Waals surface area contributed by atoms with Gasteiger partial charge in [0.1, 0.15) is 11.4 Å². The van der Waals surface area contributed by atoms with Crippen molar-refractivity contribution in [2.24, 2.45) is 0 Å². The summed E-state index contributed by atoms with van der Waals surface area (Å²) in [6, 6.07) is 8.18. The van der Waals surface area contributed by atoms with Crippen molar-refractivity contribution in [3.05, 3.63) is 36.2 Å². The van der Waals surface area contributed by atoms with E-state index < -0.39 is 0 Å². The standard InChI is InChI=1S/C17H21N5O/c23-17(19-13-6-3-9-22-10-4-7-16(13)22)15-11-14(20-21-15)12-5-1-2-8-18-12/h1-2,5,8,11,13,16H,3-4,6-7,9-10H2,(H,19,23)(H,20,21)/t13-,16-/m0/s1. The number of aromatic amines is 1. The van der Waals surface area contributed by atoms with E-state index >= 15 is 0 Å². The Morgan fingerprint density at radius 1 is 1.22 bits per heavy atom. The second-order valence-electron chi connectivity index (χ2n) is 6.35. The van der Waals surface area contributed by atoms with Gasteiger partial charge < -0.3 is 5.32 Å². The minimum absolute atomic E-state index is 0.0709. The average Bonchev–Trinajstić information content (AvgIpc) is 3.25. The third kappa shape index (κ3) is 2.86. The molecular formula is C17H21N5O. The van der Waals surface area contributed by atoms with E-state index in [1.54, 1.807) is 12.3 Å². The van der Waals surface area contributed by atoms with Crippen LogP contribution in [0.15, 0.2) is 30.5 Å². The van der Waals surface area contributed by atoms with E-state index in [0.717, 1.165) is 18.5 Å². The molecule has 2 atom stereocenters. The maximum absolute atomic E-state index is 12.5. The van der Waals surface area contributed by atoms with Gasteiger partial charge in [0, 0.05) is 18.3 Å². The smallest absolute Gasteiger partial charge is 0.269 e. The fourth-order valence-corrected chi connectivity index (χ4v) is 3.79. The Bertz CT molecular complexity index is 683. The lowest BCUT2D eigenvalue weighted by Crippen LogP contribution is -2.52. The van der Waals surface area contributed by atoms with Crippen LogP contribution >= 0.6 is 0 Å². The van der Waals surface area contributed by atoms with E-state index in [1.807, 2.05) is 18.2 Å². The highest BCUT2D eigenvalue weighted by molar-refractivity contribution is 5.93. The molecule has 0 aromatic carbocycles. The summed E-state index contributed by atoms with van der Waals surface area (Å²) in [7, 11) is 0. The first-order valence-corrected chi connectivity index (χ1v) is 8.33. The van der Waals surface area contributed by atoms with Gasteiger partial charge in [0.15, 0.2) is 0 Å². The van der Waals surface area contributed by atoms with E-state index in [4.69, 9.17) is 0 Å². The molecule has 0 radical (unpaired) electrons. The quantitative estimate of drug-likeness (QED) is 0.907. The van der Waals surface area contributed by atoms with Crippen LogP contribution in [0.25, 0.3) is 11.4 Å². The number of H-pyrrole nitrogens is 1. The molecule has 2 aliphatic rings. The van der Waals surface area contributed by atoms with Crippen LogP contribution in [0.1, 0.15) is 36.2 Å². The minimum atomic E-state index is -0.0709. The van der Waals surface area contributed by atoms with Gasteiger partial charge >= 0.3 is 0 Å². The van der Waals surface area contributed by atoms with Crippen LogP contribution in [0.3, 0.4) is 0 Å². The van der Waals surface area contributed by atoms with E-state index in [9.17, 15) is 4.79 Å². The third-order valence-electron chi connectivity index (χ3n) is 4.91. The van der Waals surface area contributed by atoms with Crippen LogP contribution in [-0.2, 0) is 0 Å². The Hall–Kier alpha value is -2.21. The molecule has 0 unspecified atom stereocenters. The summed E-state index contributed by atoms with van der Waals surface area (Å²) >= 11 is 0. The number of carbonyl (C=O) groups excluding carboxylic acids is 1. The molecule has 2 aromatic rings. The predicted molar refractivity (Wildman–Crippen MR) is 86.9 cm³/mol. The van der Waals surface area contributed by atoms with Crippen molar-refractivity contribution in [2.75, 3.05) is 13.1 Å². The molecular weight excluding hydrogens is 290 g/mol. The largest absolute Gasteiger partial charge is 0.346 e. The fraction of sp³-hybridized carbons (Fsp3) is 0.471. The molecule has 120 valence electrons. The number of piperidine rings is 1. The summed E-state index contributed by atoms with van der Waals surface area (Å²) in [5.74, 6) is -0.0709. The molecule has 4 heterocycles. The molecule has 2 aliphatic heterocycles. The third-order valence-corrected chi connectivity index (χ3v) is 4.91. The van der Waals surface area contributed by atoms with Crippen molar-refractivity contribution in [3.8, 4) is 11.4 Å². The predicted octanol–water partition coefficient (Wildman–Crippen LogP) is 1.83. The summed E-state index contributed by atoms with van der Waals surface area (Å²) in [5, 5.41) is 10.2. The Labute approximate surface area is 135 Å². The molecule has 2 N–H and O–H groups in total. The number of hydrogen-bond donors (Lipinski definition) is 2. The van der Waals surface area contributed by atoms with Crippen molar-refractivity contribution in [1.82, 2.24) is 25.4 Å². The Morgan fingerprint density at radius 3 is 2.91 bits per heavy atom. The minimum Gasteiger partial charge on any atom is -0.346 e. The molecule has 0 aliphatic carbocycles. The summed E-state index contributed by atoms with van der Waals surface area (Å²) in [6.45, 7) is 2.34. The number of nitrogens with one attached hydrogen (secondary N) is 2. The van der Waals surface area contributed by atoms with Gasteiger partial charge in [0.05, 0.1) is 5.69 Å². The first kappa shape index (κ1) is 14.4. The van der Waals surface area contributed by atoms with Crippen molar-refractivity contribution >= 4 is 5.91 Å². The fourth-order valence-electron chi connectivity index (χ4n) is 3.79. The highest BCUT2D eigenvalue weighted by atomic mass is 16.2. The Kier molecular flexibility index (Phi) is 3.83. The van der Waals surface area contributed by atoms with Gasteiger partial charge in [0.25, 0.3) is 5.91 Å². The van der Waals surface area contributed by atoms with Crippen molar-refractivity contribution in [2.45, 2.75) is 37.8 Å². The second kappa shape index (κ2) is 6.12. The average molecular weight is 311 g/mol. The molecule has 23 heavy (non-hydrogen) atoms. The molecule has 6 nitrogen and oxygen atoms in total. The summed E-state index contributed by atoms with van der Waals surface area (Å²) < 4.78 is 0. The lowest BCUT2D eigenvalue weighted by atomic mass is 9.96. The van der Waals surface area contributed by atoms with E-state index in [1.165, 1.54) is 25.9 Å². The number of aromatic nitrogens is 3. The zero-order chi connectivity index (χ0) is 15.6. The van der Waals surface area contributed by atoms with Crippen LogP contribution in [0.4, 0.5) is 0 Å². The molecule has 1 amide bonds. The normalized spacial score (nSPS) is 24.3. The molecule has 4 rings (SSSR count). The van der Waals surface area contributed by atoms with Crippen molar-refractivity contribution in [3.63, 3.8) is 0 Å². The van der Waals surface area contributed by atoms with Crippen LogP contribution < -0.4 is 5.32 Å². The van der Waals surface area contributed by atoms with Crippen molar-refractivity contribution in [1.29, 1.82) is 0 Å². The van der Waals surface area contributed by atoms with Gasteiger partial charge in [-0.2, -0.15) is 5.10 Å². The number of fused-ring (bicyclic) bond motifs is 1. The van der Waals surface area contributed by atoms with Gasteiger partial charge in [-0.25, -0.2) is 0 Å². The lowest BCUT2D eigenvalue weighted by molar-refractivity contribution is 0.0863. The monoisotopic (exact) mass is 311 g/mol. The lowest BCUT2D eigenvalue weighted by Gasteiger charge is -2.36. The number of rotatable bonds is 3. The summed E-state index contributed by atoms with van der Waals surface area (Å²) in [4.78, 5) is 19.3. The maximum Gasteiger partial charge on any atom is 0.269 e. The SMILES string of the molecule is O=C(N[C@H]1CCCN2CCC[C@@H]12)c1cc(-c2ccccn2)n[nH]1. The topological polar surface area (TPSA) is 73.9 Å². The van der Waals surface area contributed by atoms with Crippen LogP contribution in [0, 0.1) is 0 Å². The number of pyridine rings is 1.